The van der Waals surface area contributed by atoms with E-state index in [1.807, 2.05) is 58.7 Å². The molecule has 0 atom stereocenters. The Morgan fingerprint density at radius 3 is 2.33 bits per heavy atom. The lowest BCUT2D eigenvalue weighted by molar-refractivity contribution is 0.00994. The molecule has 2 amide bonds. The van der Waals surface area contributed by atoms with Gasteiger partial charge in [-0.25, -0.2) is 14.6 Å². The van der Waals surface area contributed by atoms with Crippen LogP contribution in [0.2, 0.25) is 0 Å². The van der Waals surface area contributed by atoms with E-state index >= 15 is 0 Å². The van der Waals surface area contributed by atoms with Crippen molar-refractivity contribution < 1.29 is 19.1 Å². The van der Waals surface area contributed by atoms with Crippen molar-refractivity contribution in [2.75, 3.05) is 43.4 Å². The third-order valence-corrected chi connectivity index (χ3v) is 8.30. The molecule has 2 fully saturated rings. The molecule has 0 unspecified atom stereocenters. The minimum Gasteiger partial charge on any atom is -0.444 e. The van der Waals surface area contributed by atoms with Gasteiger partial charge in [-0.3, -0.25) is 4.68 Å². The largest absolute Gasteiger partial charge is 0.444 e. The van der Waals surface area contributed by atoms with Crippen molar-refractivity contribution in [3.05, 3.63) is 24.2 Å². The van der Waals surface area contributed by atoms with Crippen LogP contribution in [0.5, 0.6) is 0 Å². The zero-order valence-electron chi connectivity index (χ0n) is 30.0. The number of carbonyl (C=O) groups is 2. The van der Waals surface area contributed by atoms with Crippen LogP contribution in [-0.4, -0.2) is 103 Å². The second-order valence-electron chi connectivity index (χ2n) is 14.9. The van der Waals surface area contributed by atoms with Gasteiger partial charge in [0.2, 0.25) is 5.95 Å². The minimum atomic E-state index is -0.611. The van der Waals surface area contributed by atoms with Crippen LogP contribution >= 0.6 is 0 Å². The third kappa shape index (κ3) is 13.1. The number of nitrogens with one attached hydrogen (secondary N) is 3. The molecule has 1 aliphatic carbocycles. The fourth-order valence-electron chi connectivity index (χ4n) is 6.01. The molecule has 14 heteroatoms. The van der Waals surface area contributed by atoms with Crippen molar-refractivity contribution in [1.29, 1.82) is 0 Å². The zero-order chi connectivity index (χ0) is 34.6. The van der Waals surface area contributed by atoms with E-state index < -0.39 is 11.2 Å². The van der Waals surface area contributed by atoms with Gasteiger partial charge in [-0.1, -0.05) is 24.5 Å². The Kier molecular flexibility index (Phi) is 13.7. The first-order valence-corrected chi connectivity index (χ1v) is 17.8. The van der Waals surface area contributed by atoms with Crippen molar-refractivity contribution in [1.82, 2.24) is 40.1 Å². The summed E-state index contributed by atoms with van der Waals surface area (Å²) in [6.45, 7) is 15.8. The summed E-state index contributed by atoms with van der Waals surface area (Å²) in [5.41, 5.74) is -0.406. The molecule has 1 aliphatic heterocycles. The Balaban J connectivity index is 1.27. The smallest absolute Gasteiger partial charge is 0.410 e. The SMILES string of the molecule is CC(C)(C)OC(=O)N(CCCN(C(=O)OC(C)(C)C)C1CCCCC1)CCCn1cc(CNc2nccc(NC3CCNCC3)n2)nn1. The van der Waals surface area contributed by atoms with Gasteiger partial charge in [-0.05, 0) is 99.2 Å². The molecule has 1 saturated carbocycles. The molecule has 4 rings (SSSR count). The predicted octanol–water partition coefficient (Wildman–Crippen LogP) is 5.43. The highest BCUT2D eigenvalue weighted by Gasteiger charge is 2.30. The average Bonchev–Trinajstić information content (AvgIpc) is 3.48. The number of rotatable bonds is 14. The van der Waals surface area contributed by atoms with Gasteiger partial charge in [0.1, 0.15) is 22.7 Å². The van der Waals surface area contributed by atoms with E-state index in [1.165, 1.54) is 6.42 Å². The van der Waals surface area contributed by atoms with Gasteiger partial charge < -0.3 is 35.2 Å². The highest BCUT2D eigenvalue weighted by atomic mass is 16.6. The lowest BCUT2D eigenvalue weighted by Crippen LogP contribution is -2.46. The van der Waals surface area contributed by atoms with Gasteiger partial charge >= 0.3 is 12.2 Å². The Labute approximate surface area is 286 Å². The minimum absolute atomic E-state index is 0.172. The van der Waals surface area contributed by atoms with Gasteiger partial charge in [0.25, 0.3) is 0 Å². The highest BCUT2D eigenvalue weighted by molar-refractivity contribution is 5.69. The average molecular weight is 671 g/mol. The summed E-state index contributed by atoms with van der Waals surface area (Å²) in [5, 5.41) is 18.7. The first-order valence-electron chi connectivity index (χ1n) is 17.8. The quantitative estimate of drug-likeness (QED) is 0.236. The number of aromatic nitrogens is 5. The van der Waals surface area contributed by atoms with Crippen LogP contribution < -0.4 is 16.0 Å². The molecule has 14 nitrogen and oxygen atoms in total. The van der Waals surface area contributed by atoms with Crippen molar-refractivity contribution in [3.8, 4) is 0 Å². The van der Waals surface area contributed by atoms with E-state index in [4.69, 9.17) is 9.47 Å². The van der Waals surface area contributed by atoms with E-state index in [0.29, 0.717) is 57.6 Å². The topological polar surface area (TPSA) is 152 Å². The van der Waals surface area contributed by atoms with Gasteiger partial charge in [0.15, 0.2) is 0 Å². The lowest BCUT2D eigenvalue weighted by Gasteiger charge is -2.36. The lowest BCUT2D eigenvalue weighted by atomic mass is 9.94. The molecule has 48 heavy (non-hydrogen) atoms. The zero-order valence-corrected chi connectivity index (χ0v) is 30.0. The van der Waals surface area contributed by atoms with Crippen molar-refractivity contribution in [2.45, 2.75) is 136 Å². The van der Waals surface area contributed by atoms with Crippen LogP contribution in [0.4, 0.5) is 21.4 Å². The molecule has 3 N–H and O–H groups in total. The first kappa shape index (κ1) is 37.1. The van der Waals surface area contributed by atoms with Crippen LogP contribution in [-0.2, 0) is 22.6 Å². The molecule has 1 saturated heterocycles. The van der Waals surface area contributed by atoms with Crippen LogP contribution in [0.15, 0.2) is 18.5 Å². The number of amides is 2. The van der Waals surface area contributed by atoms with Gasteiger partial charge in [0.05, 0.1) is 12.7 Å². The second kappa shape index (κ2) is 17.6. The molecule has 2 aliphatic rings. The van der Waals surface area contributed by atoms with E-state index in [2.05, 4.69) is 36.2 Å². The van der Waals surface area contributed by atoms with Crippen molar-refractivity contribution in [3.63, 3.8) is 0 Å². The molecule has 0 radical (unpaired) electrons. The Hall–Kier alpha value is -3.68. The first-order chi connectivity index (χ1) is 22.8. The monoisotopic (exact) mass is 670 g/mol. The summed E-state index contributed by atoms with van der Waals surface area (Å²) in [4.78, 5) is 38.9. The number of anilines is 2. The molecule has 2 aromatic rings. The summed E-state index contributed by atoms with van der Waals surface area (Å²) in [7, 11) is 0. The molecule has 0 bridgehead atoms. The van der Waals surface area contributed by atoms with E-state index in [-0.39, 0.29) is 18.2 Å². The van der Waals surface area contributed by atoms with E-state index in [0.717, 1.165) is 63.1 Å². The van der Waals surface area contributed by atoms with Gasteiger partial charge in [0, 0.05) is 44.5 Å². The molecule has 268 valence electrons. The fourth-order valence-corrected chi connectivity index (χ4v) is 6.01. The van der Waals surface area contributed by atoms with E-state index in [9.17, 15) is 9.59 Å². The standard InChI is InChI=1S/C34H58N10O4/c1-33(2,3)47-31(45)42(21-11-23-44(28-12-8-7-9-13-28)32(46)48-34(4,5)6)20-10-22-43-25-27(40-41-43)24-37-30-36-19-16-29(39-30)38-26-14-17-35-18-15-26/h16,19,25-26,28,35H,7-15,17-18,20-24H2,1-6H3,(H2,36,37,38,39). The Morgan fingerprint density at radius 1 is 0.938 bits per heavy atom. The fraction of sp³-hybridized carbons (Fsp3) is 0.765. The molecule has 0 spiro atoms. The van der Waals surface area contributed by atoms with Gasteiger partial charge in [-0.15, -0.1) is 5.10 Å². The molecule has 0 aromatic carbocycles. The summed E-state index contributed by atoms with van der Waals surface area (Å²) < 4.78 is 13.3. The van der Waals surface area contributed by atoms with Crippen LogP contribution in [0.3, 0.4) is 0 Å². The molecule has 2 aromatic heterocycles. The van der Waals surface area contributed by atoms with Gasteiger partial charge in [-0.2, -0.15) is 4.98 Å². The molecular weight excluding hydrogens is 612 g/mol. The number of piperidine rings is 1. The predicted molar refractivity (Wildman–Crippen MR) is 186 cm³/mol. The van der Waals surface area contributed by atoms with Crippen molar-refractivity contribution in [2.24, 2.45) is 0 Å². The van der Waals surface area contributed by atoms with Crippen molar-refractivity contribution >= 4 is 24.0 Å². The summed E-state index contributed by atoms with van der Waals surface area (Å²) in [6.07, 6.45) is 11.8. The number of aryl methyl sites for hydroxylation is 1. The molecule has 3 heterocycles. The Bertz CT molecular complexity index is 1280. The number of ether oxygens (including phenoxy) is 2. The maximum atomic E-state index is 13.2. The maximum Gasteiger partial charge on any atom is 0.410 e. The number of nitrogens with zero attached hydrogens (tertiary/aromatic N) is 7. The number of carbonyl (C=O) groups excluding carboxylic acids is 2. The van der Waals surface area contributed by atoms with Crippen LogP contribution in [0, 0.1) is 0 Å². The summed E-state index contributed by atoms with van der Waals surface area (Å²) in [5.74, 6) is 1.34. The summed E-state index contributed by atoms with van der Waals surface area (Å²) >= 11 is 0. The molecular formula is C34H58N10O4. The summed E-state index contributed by atoms with van der Waals surface area (Å²) in [6, 6.07) is 2.47. The normalized spacial score (nSPS) is 16.3. The maximum absolute atomic E-state index is 13.2. The van der Waals surface area contributed by atoms with E-state index in [1.54, 1.807) is 15.8 Å². The third-order valence-electron chi connectivity index (χ3n) is 8.30. The Morgan fingerprint density at radius 2 is 1.62 bits per heavy atom. The van der Waals surface area contributed by atoms with Crippen LogP contribution in [0.1, 0.15) is 105 Å². The number of hydrogen-bond donors (Lipinski definition) is 3. The van der Waals surface area contributed by atoms with Crippen LogP contribution in [0.25, 0.3) is 0 Å². The number of hydrogen-bond acceptors (Lipinski definition) is 11. The second-order valence-corrected chi connectivity index (χ2v) is 14.9. The highest BCUT2D eigenvalue weighted by Crippen LogP contribution is 2.25.